The number of carbonyl (C=O) groups is 3. The molecular formula is C25H28BrN3O5S. The van der Waals surface area contributed by atoms with Crippen molar-refractivity contribution in [1.29, 1.82) is 0 Å². The molecule has 0 saturated carbocycles. The molecule has 0 N–H and O–H groups in total. The van der Waals surface area contributed by atoms with Crippen molar-refractivity contribution in [3.63, 3.8) is 0 Å². The van der Waals surface area contributed by atoms with Gasteiger partial charge in [-0.3, -0.25) is 9.79 Å². The smallest absolute Gasteiger partial charge is 0.417 e. The molecule has 10 heteroatoms. The molecule has 0 fully saturated rings. The van der Waals surface area contributed by atoms with E-state index in [0.717, 1.165) is 10.5 Å². The van der Waals surface area contributed by atoms with Crippen molar-refractivity contribution in [3.05, 3.63) is 33.9 Å². The van der Waals surface area contributed by atoms with Gasteiger partial charge in [0, 0.05) is 15.8 Å². The van der Waals surface area contributed by atoms with Crippen LogP contribution in [0.4, 0.5) is 4.79 Å². The van der Waals surface area contributed by atoms with Crippen molar-refractivity contribution in [1.82, 2.24) is 9.88 Å². The third kappa shape index (κ3) is 5.09. The molecule has 2 aliphatic rings. The van der Waals surface area contributed by atoms with Crippen molar-refractivity contribution < 1.29 is 23.9 Å². The van der Waals surface area contributed by atoms with Crippen LogP contribution in [0.5, 0.6) is 0 Å². The van der Waals surface area contributed by atoms with Crippen molar-refractivity contribution >= 4 is 62.3 Å². The maximum Gasteiger partial charge on any atom is 0.417 e. The van der Waals surface area contributed by atoms with E-state index in [1.807, 2.05) is 12.1 Å². The van der Waals surface area contributed by atoms with Gasteiger partial charge in [0.05, 0.1) is 29.4 Å². The Morgan fingerprint density at radius 2 is 1.77 bits per heavy atom. The van der Waals surface area contributed by atoms with E-state index in [-0.39, 0.29) is 12.5 Å². The molecule has 1 aromatic carbocycles. The second-order valence-electron chi connectivity index (χ2n) is 10.6. The first-order valence-electron chi connectivity index (χ1n) is 11.3. The highest BCUT2D eigenvalue weighted by molar-refractivity contribution is 9.10. The van der Waals surface area contributed by atoms with E-state index in [0.29, 0.717) is 26.8 Å². The van der Waals surface area contributed by atoms with Crippen molar-refractivity contribution in [2.45, 2.75) is 75.9 Å². The first-order valence-corrected chi connectivity index (χ1v) is 13.0. The van der Waals surface area contributed by atoms with E-state index in [1.165, 1.54) is 16.7 Å². The zero-order valence-electron chi connectivity index (χ0n) is 20.8. The monoisotopic (exact) mass is 561 g/mol. The summed E-state index contributed by atoms with van der Waals surface area (Å²) in [6, 6.07) is 5.00. The Hall–Kier alpha value is -2.46. The maximum absolute atomic E-state index is 13.6. The number of aliphatic imine (C=N–C) groups is 1. The second kappa shape index (κ2) is 8.89. The quantitative estimate of drug-likeness (QED) is 0.340. The molecule has 0 bridgehead atoms. The van der Waals surface area contributed by atoms with Gasteiger partial charge in [-0.15, -0.1) is 11.8 Å². The lowest BCUT2D eigenvalue weighted by Gasteiger charge is -2.29. The van der Waals surface area contributed by atoms with Gasteiger partial charge < -0.3 is 9.47 Å². The van der Waals surface area contributed by atoms with Gasteiger partial charge in [0.25, 0.3) is 5.91 Å². The zero-order chi connectivity index (χ0) is 25.9. The lowest BCUT2D eigenvalue weighted by Crippen LogP contribution is -2.49. The summed E-state index contributed by atoms with van der Waals surface area (Å²) in [6.45, 7) is 12.7. The molecule has 8 nitrogen and oxygen atoms in total. The molecule has 0 radical (unpaired) electrons. The fraction of sp³-hybridized carbons (Fsp3) is 0.480. The molecule has 2 aliphatic heterocycles. The summed E-state index contributed by atoms with van der Waals surface area (Å²) in [7, 11) is 0. The van der Waals surface area contributed by atoms with Crippen LogP contribution < -0.4 is 0 Å². The van der Waals surface area contributed by atoms with Crippen molar-refractivity contribution in [2.24, 2.45) is 4.99 Å². The Labute approximate surface area is 217 Å². The molecule has 1 aromatic heterocycles. The number of pyridine rings is 1. The Kier molecular flexibility index (Phi) is 6.51. The summed E-state index contributed by atoms with van der Waals surface area (Å²) in [5, 5.41) is 0.00757. The van der Waals surface area contributed by atoms with Crippen molar-refractivity contribution in [3.8, 4) is 0 Å². The number of fused-ring (bicyclic) bond motifs is 5. The number of carbonyl (C=O) groups excluding carboxylic acids is 3. The molecule has 1 unspecified atom stereocenters. The van der Waals surface area contributed by atoms with Gasteiger partial charge in [-0.2, -0.15) is 0 Å². The zero-order valence-corrected chi connectivity index (χ0v) is 23.2. The molecular weight excluding hydrogens is 534 g/mol. The van der Waals surface area contributed by atoms with E-state index < -0.39 is 34.6 Å². The van der Waals surface area contributed by atoms with E-state index >= 15 is 0 Å². The summed E-state index contributed by atoms with van der Waals surface area (Å²) >= 11 is 4.73. The molecule has 2 aromatic rings. The average Bonchev–Trinajstić information content (AvgIpc) is 3.02. The first kappa shape index (κ1) is 25.6. The molecule has 0 aliphatic carbocycles. The lowest BCUT2D eigenvalue weighted by atomic mass is 10.00. The predicted molar refractivity (Wildman–Crippen MR) is 138 cm³/mol. The topological polar surface area (TPSA) is 98.2 Å². The number of amides is 2. The molecule has 0 spiro atoms. The number of rotatable bonds is 1. The summed E-state index contributed by atoms with van der Waals surface area (Å²) in [5.41, 5.74) is 0.891. The minimum absolute atomic E-state index is 0.246. The summed E-state index contributed by atoms with van der Waals surface area (Å²) in [4.78, 5) is 50.7. The molecule has 4 rings (SSSR count). The first-order chi connectivity index (χ1) is 16.2. The van der Waals surface area contributed by atoms with Crippen LogP contribution in [-0.2, 0) is 14.3 Å². The van der Waals surface area contributed by atoms with Crippen LogP contribution >= 0.6 is 27.7 Å². The van der Waals surface area contributed by atoms with Crippen molar-refractivity contribution in [2.75, 3.05) is 6.54 Å². The standard InChI is InChI=1S/C25H28BrN3O5S/c1-12-11-27-18-17-13-10-14(22(31)33-24(2,3)4)20(26)28-15(13)8-9-16(17)35-19(18)21(30)29(12)23(32)34-25(5,6)7/h8-10,12,19H,11H2,1-7H3/t12?,19-/m1/s1. The molecule has 2 amide bonds. The number of hydrogen-bond acceptors (Lipinski definition) is 8. The van der Waals surface area contributed by atoms with Gasteiger partial charge in [-0.25, -0.2) is 19.5 Å². The van der Waals surface area contributed by atoms with Crippen LogP contribution in [0.3, 0.4) is 0 Å². The number of aromatic nitrogens is 1. The van der Waals surface area contributed by atoms with Crippen LogP contribution in [0.2, 0.25) is 0 Å². The van der Waals surface area contributed by atoms with Gasteiger partial charge in [0.2, 0.25) is 0 Å². The number of benzene rings is 1. The number of hydrogen-bond donors (Lipinski definition) is 0. The van der Waals surface area contributed by atoms with E-state index in [1.54, 1.807) is 54.5 Å². The van der Waals surface area contributed by atoms with Crippen LogP contribution in [0.15, 0.2) is 32.7 Å². The number of ether oxygens (including phenoxy) is 2. The van der Waals surface area contributed by atoms with Gasteiger partial charge in [-0.05, 0) is 82.6 Å². The molecule has 186 valence electrons. The molecule has 0 saturated heterocycles. The predicted octanol–water partition coefficient (Wildman–Crippen LogP) is 5.38. The fourth-order valence-electron chi connectivity index (χ4n) is 3.92. The largest absolute Gasteiger partial charge is 0.456 e. The SMILES string of the molecule is CC1CN=C2c3c(ccc4nc(Br)c(C(=O)OC(C)(C)C)cc34)S[C@H]2C(=O)N1C(=O)OC(C)(C)C. The Morgan fingerprint density at radius 3 is 2.40 bits per heavy atom. The van der Waals surface area contributed by atoms with Crippen LogP contribution in [0.25, 0.3) is 10.9 Å². The van der Waals surface area contributed by atoms with Gasteiger partial charge in [-0.1, -0.05) is 0 Å². The minimum atomic E-state index is -0.730. The molecule has 35 heavy (non-hydrogen) atoms. The number of esters is 1. The van der Waals surface area contributed by atoms with Gasteiger partial charge in [0.15, 0.2) is 0 Å². The summed E-state index contributed by atoms with van der Waals surface area (Å²) in [5.74, 6) is -0.864. The average molecular weight is 562 g/mol. The lowest BCUT2D eigenvalue weighted by molar-refractivity contribution is -0.130. The third-order valence-electron chi connectivity index (χ3n) is 5.30. The van der Waals surface area contributed by atoms with Crippen LogP contribution in [-0.4, -0.2) is 62.6 Å². The number of nitrogens with zero attached hydrogens (tertiary/aromatic N) is 3. The summed E-state index contributed by atoms with van der Waals surface area (Å²) < 4.78 is 11.4. The minimum Gasteiger partial charge on any atom is -0.456 e. The fourth-order valence-corrected chi connectivity index (χ4v) is 5.64. The highest BCUT2D eigenvalue weighted by Gasteiger charge is 2.44. The normalized spacial score (nSPS) is 20.2. The third-order valence-corrected chi connectivity index (χ3v) is 7.16. The van der Waals surface area contributed by atoms with Crippen LogP contribution in [0.1, 0.15) is 64.4 Å². The Morgan fingerprint density at radius 1 is 1.11 bits per heavy atom. The van der Waals surface area contributed by atoms with E-state index in [9.17, 15) is 14.4 Å². The Balaban J connectivity index is 1.78. The van der Waals surface area contributed by atoms with Crippen LogP contribution in [0, 0.1) is 0 Å². The van der Waals surface area contributed by atoms with Gasteiger partial charge >= 0.3 is 12.1 Å². The molecule has 3 heterocycles. The Bertz CT molecular complexity index is 1280. The maximum atomic E-state index is 13.6. The van der Waals surface area contributed by atoms with Gasteiger partial charge in [0.1, 0.15) is 21.1 Å². The number of thioether (sulfide) groups is 1. The van der Waals surface area contributed by atoms with E-state index in [4.69, 9.17) is 14.5 Å². The number of imide groups is 1. The second-order valence-corrected chi connectivity index (χ2v) is 12.5. The highest BCUT2D eigenvalue weighted by atomic mass is 79.9. The molecule has 2 atom stereocenters. The van der Waals surface area contributed by atoms with E-state index in [2.05, 4.69) is 20.9 Å². The highest BCUT2D eigenvalue weighted by Crippen LogP contribution is 2.43. The summed E-state index contributed by atoms with van der Waals surface area (Å²) in [6.07, 6.45) is -0.675. The number of halogens is 1.